The van der Waals surface area contributed by atoms with Crippen LogP contribution in [0.3, 0.4) is 0 Å². The maximum atomic E-state index is 14.1. The second-order valence-corrected chi connectivity index (χ2v) is 12.1. The Kier molecular flexibility index (Phi) is 6.87. The Balaban J connectivity index is 1.67. The summed E-state index contributed by atoms with van der Waals surface area (Å²) >= 11 is 1.41. The van der Waals surface area contributed by atoms with E-state index in [4.69, 9.17) is 5.73 Å². The van der Waals surface area contributed by atoms with Crippen molar-refractivity contribution in [3.05, 3.63) is 50.7 Å². The first-order valence-electron chi connectivity index (χ1n) is 13.1. The van der Waals surface area contributed by atoms with E-state index in [1.165, 1.54) is 16.2 Å². The van der Waals surface area contributed by atoms with Gasteiger partial charge in [-0.15, -0.1) is 11.3 Å². The fourth-order valence-corrected chi connectivity index (χ4v) is 7.17. The number of nitrogens with two attached hydrogens (primary N) is 1. The molecule has 0 bridgehead atoms. The smallest absolute Gasteiger partial charge is 0.255 e. The first-order chi connectivity index (χ1) is 19.2. The van der Waals surface area contributed by atoms with Crippen LogP contribution < -0.4 is 16.0 Å². The third-order valence-electron chi connectivity index (χ3n) is 8.31. The van der Waals surface area contributed by atoms with Crippen molar-refractivity contribution in [3.63, 3.8) is 0 Å². The molecule has 1 heterocycles. The average molecular weight is 584 g/mol. The molecule has 41 heavy (non-hydrogen) atoms. The maximum absolute atomic E-state index is 14.1. The van der Waals surface area contributed by atoms with Gasteiger partial charge in [-0.05, 0) is 51.4 Å². The minimum atomic E-state index is -2.67. The number of hydrogen-bond donors (Lipinski definition) is 6. The van der Waals surface area contributed by atoms with Crippen LogP contribution in [0.4, 0.5) is 10.8 Å². The summed E-state index contributed by atoms with van der Waals surface area (Å²) in [6.07, 6.45) is 0.251. The van der Waals surface area contributed by atoms with Crippen molar-refractivity contribution in [3.8, 4) is 5.75 Å². The summed E-state index contributed by atoms with van der Waals surface area (Å²) in [6, 6.07) is 0.679. The molecule has 1 aromatic heterocycles. The number of aromatic nitrogens is 1. The van der Waals surface area contributed by atoms with E-state index >= 15 is 0 Å². The van der Waals surface area contributed by atoms with Gasteiger partial charge in [0.1, 0.15) is 22.8 Å². The van der Waals surface area contributed by atoms with E-state index in [1.807, 2.05) is 31.3 Å². The molecule has 1 fully saturated rings. The minimum absolute atomic E-state index is 0.0338. The van der Waals surface area contributed by atoms with Crippen molar-refractivity contribution >= 4 is 45.4 Å². The molecule has 4 unspecified atom stereocenters. The normalized spacial score (nSPS) is 25.7. The van der Waals surface area contributed by atoms with Gasteiger partial charge in [0, 0.05) is 48.8 Å². The molecule has 5 rings (SSSR count). The topological polar surface area (TPSA) is 190 Å². The molecule has 1 saturated carbocycles. The number of aromatic hydroxyl groups is 1. The summed E-state index contributed by atoms with van der Waals surface area (Å²) in [4.78, 5) is 47.2. The van der Waals surface area contributed by atoms with E-state index in [0.29, 0.717) is 21.9 Å². The molecule has 0 saturated heterocycles. The number of fused-ring (bicyclic) bond motifs is 3. The Bertz CT molecular complexity index is 1560. The van der Waals surface area contributed by atoms with E-state index in [2.05, 4.69) is 10.3 Å². The summed E-state index contributed by atoms with van der Waals surface area (Å²) in [5.41, 5.74) is 4.36. The van der Waals surface area contributed by atoms with Crippen LogP contribution in [0.15, 0.2) is 28.4 Å². The van der Waals surface area contributed by atoms with Crippen LogP contribution in [-0.4, -0.2) is 87.6 Å². The molecule has 0 aliphatic heterocycles. The molecule has 3 aliphatic rings. The quantitative estimate of drug-likeness (QED) is 0.270. The number of aryl methyl sites for hydroxylation is 1. The summed E-state index contributed by atoms with van der Waals surface area (Å²) in [6.45, 7) is 2.04. The van der Waals surface area contributed by atoms with Gasteiger partial charge in [-0.1, -0.05) is 0 Å². The highest BCUT2D eigenvalue weighted by atomic mass is 32.1. The third-order valence-corrected chi connectivity index (χ3v) is 9.22. The van der Waals surface area contributed by atoms with Crippen LogP contribution in [0, 0.1) is 18.8 Å². The fraction of sp³-hybridized carbons (Fsp3) is 0.429. The van der Waals surface area contributed by atoms with Gasteiger partial charge in [-0.2, -0.15) is 0 Å². The lowest BCUT2D eigenvalue weighted by molar-refractivity contribution is -0.153. The van der Waals surface area contributed by atoms with E-state index in [-0.39, 0.29) is 36.3 Å². The lowest BCUT2D eigenvalue weighted by Gasteiger charge is -2.50. The van der Waals surface area contributed by atoms with Gasteiger partial charge >= 0.3 is 0 Å². The molecule has 218 valence electrons. The minimum Gasteiger partial charge on any atom is -0.508 e. The Hall–Kier alpha value is -3.94. The van der Waals surface area contributed by atoms with E-state index in [9.17, 15) is 34.8 Å². The zero-order chi connectivity index (χ0) is 30.1. The van der Waals surface area contributed by atoms with Crippen LogP contribution in [0.2, 0.25) is 0 Å². The number of carbonyl (C=O) groups is 3. The number of rotatable bonds is 6. The zero-order valence-corrected chi connectivity index (χ0v) is 24.2. The molecule has 12 nitrogen and oxygen atoms in total. The monoisotopic (exact) mass is 583 g/mol. The van der Waals surface area contributed by atoms with Crippen LogP contribution in [-0.2, 0) is 27.3 Å². The SMILES string of the molecule is Cc1csc(NCc2cc(N(C)C)c3c(c2O)C(O)=C2C(=O)C4(O)C(O)=C(C(N)=O)C(=O)C(N(C)C)C4CC2C3)n1. The zero-order valence-electron chi connectivity index (χ0n) is 23.3. The van der Waals surface area contributed by atoms with Crippen molar-refractivity contribution in [1.29, 1.82) is 0 Å². The molecule has 7 N–H and O–H groups in total. The first-order valence-corrected chi connectivity index (χ1v) is 13.9. The third kappa shape index (κ3) is 4.18. The Morgan fingerprint density at radius 2 is 1.90 bits per heavy atom. The number of thiazole rings is 1. The molecule has 3 aliphatic carbocycles. The van der Waals surface area contributed by atoms with Gasteiger partial charge < -0.3 is 36.4 Å². The van der Waals surface area contributed by atoms with Crippen LogP contribution in [0.25, 0.3) is 5.76 Å². The van der Waals surface area contributed by atoms with Gasteiger partial charge in [0.25, 0.3) is 5.91 Å². The predicted octanol–water partition coefficient (Wildman–Crippen LogP) is 1.41. The van der Waals surface area contributed by atoms with Crippen molar-refractivity contribution in [2.24, 2.45) is 17.6 Å². The molecule has 0 spiro atoms. The number of carbonyl (C=O) groups excluding carboxylic acids is 3. The second-order valence-electron chi connectivity index (χ2n) is 11.3. The van der Waals surface area contributed by atoms with Crippen molar-refractivity contribution < 1.29 is 34.8 Å². The summed E-state index contributed by atoms with van der Waals surface area (Å²) in [7, 11) is 6.78. The summed E-state index contributed by atoms with van der Waals surface area (Å²) in [5.74, 6) is -6.72. The fourth-order valence-electron chi connectivity index (χ4n) is 6.49. The number of phenolic OH excluding ortho intramolecular Hbond substituents is 1. The molecule has 2 aromatic rings. The molecule has 13 heteroatoms. The Morgan fingerprint density at radius 3 is 2.46 bits per heavy atom. The molecular formula is C28H33N5O7S. The number of primary amides is 1. The highest BCUT2D eigenvalue weighted by Crippen LogP contribution is 2.54. The van der Waals surface area contributed by atoms with Gasteiger partial charge in [0.05, 0.1) is 17.3 Å². The highest BCUT2D eigenvalue weighted by Gasteiger charge is 2.64. The van der Waals surface area contributed by atoms with Crippen LogP contribution in [0.5, 0.6) is 5.75 Å². The lowest BCUT2D eigenvalue weighted by Crippen LogP contribution is -2.65. The standard InChI is InChI=1S/C28H33N5O7S/c1-11-10-41-27(31-11)30-9-13-8-16(32(2)3)14-6-12-7-15-20(33(4)5)23(36)19(26(29)39)25(38)28(15,40)24(37)17(12)22(35)18(14)21(13)34/h8,10,12,15,20,34-35,38,40H,6-7,9H2,1-5H3,(H2,29,39)(H,30,31). The second kappa shape index (κ2) is 9.86. The number of nitrogens with zero attached hydrogens (tertiary/aromatic N) is 3. The first kappa shape index (κ1) is 28.6. The molecule has 1 aromatic carbocycles. The molecule has 0 radical (unpaired) electrons. The Morgan fingerprint density at radius 1 is 1.22 bits per heavy atom. The number of ketones is 2. The highest BCUT2D eigenvalue weighted by molar-refractivity contribution is 7.13. The lowest BCUT2D eigenvalue weighted by atomic mass is 9.57. The number of nitrogens with one attached hydrogen (secondary N) is 1. The van der Waals surface area contributed by atoms with Gasteiger partial charge in [0.2, 0.25) is 5.78 Å². The van der Waals surface area contributed by atoms with Crippen molar-refractivity contribution in [1.82, 2.24) is 9.88 Å². The number of aliphatic hydroxyl groups excluding tert-OH is 2. The van der Waals surface area contributed by atoms with Gasteiger partial charge in [0.15, 0.2) is 16.5 Å². The summed E-state index contributed by atoms with van der Waals surface area (Å²) in [5, 5.41) is 51.5. The van der Waals surface area contributed by atoms with Gasteiger partial charge in [-0.25, -0.2) is 4.98 Å². The van der Waals surface area contributed by atoms with Gasteiger partial charge in [-0.3, -0.25) is 19.3 Å². The van der Waals surface area contributed by atoms with Crippen LogP contribution in [0.1, 0.15) is 28.8 Å². The van der Waals surface area contributed by atoms with Crippen molar-refractivity contribution in [2.75, 3.05) is 38.4 Å². The molecular weight excluding hydrogens is 550 g/mol. The number of likely N-dealkylation sites (N-methyl/N-ethyl adjacent to an activating group) is 1. The number of aliphatic hydroxyl groups is 3. The summed E-state index contributed by atoms with van der Waals surface area (Å²) < 4.78 is 0. The largest absolute Gasteiger partial charge is 0.508 e. The van der Waals surface area contributed by atoms with E-state index in [1.54, 1.807) is 20.2 Å². The van der Waals surface area contributed by atoms with E-state index < -0.39 is 58.0 Å². The number of benzene rings is 1. The van der Waals surface area contributed by atoms with Crippen LogP contribution >= 0.6 is 11.3 Å². The predicted molar refractivity (Wildman–Crippen MR) is 153 cm³/mol. The number of phenols is 1. The molecule has 4 atom stereocenters. The number of amides is 1. The number of anilines is 2. The average Bonchev–Trinajstić information content (AvgIpc) is 3.30. The van der Waals surface area contributed by atoms with Crippen molar-refractivity contribution in [2.45, 2.75) is 38.0 Å². The maximum Gasteiger partial charge on any atom is 0.255 e. The number of hydrogen-bond acceptors (Lipinski definition) is 12. The van der Waals surface area contributed by atoms with E-state index in [0.717, 1.165) is 5.69 Å². The molecule has 1 amide bonds. The Labute approximate surface area is 240 Å². The number of Topliss-reactive ketones (excluding diaryl/α,β-unsaturated/α-hetero) is 2.